The van der Waals surface area contributed by atoms with Crippen molar-refractivity contribution in [3.05, 3.63) is 0 Å². The van der Waals surface area contributed by atoms with E-state index in [2.05, 4.69) is 5.32 Å². The van der Waals surface area contributed by atoms with Crippen LogP contribution in [0.1, 0.15) is 33.1 Å². The third-order valence-corrected chi connectivity index (χ3v) is 1.69. The van der Waals surface area contributed by atoms with Gasteiger partial charge >= 0.3 is 0 Å². The third-order valence-electron chi connectivity index (χ3n) is 1.69. The molecule has 0 radical (unpaired) electrons. The molecule has 0 aliphatic carbocycles. The summed E-state index contributed by atoms with van der Waals surface area (Å²) in [5.41, 5.74) is 0. The maximum atomic E-state index is 11.1. The average Bonchev–Trinajstić information content (AvgIpc) is 2.13. The van der Waals surface area contributed by atoms with Gasteiger partial charge in [-0.3, -0.25) is 4.79 Å². The SMILES string of the molecule is CC(C)OCCNC(=O)CCCCO. The number of carbonyl (C=O) groups is 1. The molecule has 14 heavy (non-hydrogen) atoms. The number of unbranched alkanes of at least 4 members (excludes halogenated alkanes) is 1. The van der Waals surface area contributed by atoms with E-state index in [0.717, 1.165) is 6.42 Å². The first-order valence-corrected chi connectivity index (χ1v) is 5.16. The second-order valence-electron chi connectivity index (χ2n) is 3.45. The van der Waals surface area contributed by atoms with Crippen LogP contribution in [0.25, 0.3) is 0 Å². The maximum absolute atomic E-state index is 11.1. The van der Waals surface area contributed by atoms with Crippen LogP contribution < -0.4 is 5.32 Å². The normalized spacial score (nSPS) is 10.6. The lowest BCUT2D eigenvalue weighted by atomic mass is 10.2. The van der Waals surface area contributed by atoms with Crippen molar-refractivity contribution in [2.45, 2.75) is 39.2 Å². The molecule has 2 N–H and O–H groups in total. The van der Waals surface area contributed by atoms with Crippen molar-refractivity contribution in [3.63, 3.8) is 0 Å². The van der Waals surface area contributed by atoms with Crippen LogP contribution in [0.5, 0.6) is 0 Å². The summed E-state index contributed by atoms with van der Waals surface area (Å²) in [5.74, 6) is 0.0332. The van der Waals surface area contributed by atoms with Crippen LogP contribution in [0.4, 0.5) is 0 Å². The molecule has 0 bridgehead atoms. The highest BCUT2D eigenvalue weighted by molar-refractivity contribution is 5.75. The van der Waals surface area contributed by atoms with E-state index in [9.17, 15) is 4.79 Å². The van der Waals surface area contributed by atoms with Crippen molar-refractivity contribution in [2.75, 3.05) is 19.8 Å². The molecule has 0 atom stereocenters. The topological polar surface area (TPSA) is 58.6 Å². The summed E-state index contributed by atoms with van der Waals surface area (Å²) < 4.78 is 5.26. The van der Waals surface area contributed by atoms with Crippen molar-refractivity contribution < 1.29 is 14.6 Å². The van der Waals surface area contributed by atoms with Gasteiger partial charge in [-0.2, -0.15) is 0 Å². The Bertz CT molecular complexity index is 148. The predicted molar refractivity (Wildman–Crippen MR) is 55.0 cm³/mol. The van der Waals surface area contributed by atoms with Crippen LogP contribution >= 0.6 is 0 Å². The summed E-state index contributed by atoms with van der Waals surface area (Å²) in [6, 6.07) is 0. The molecule has 0 unspecified atom stereocenters. The smallest absolute Gasteiger partial charge is 0.220 e. The second kappa shape index (κ2) is 8.97. The summed E-state index contributed by atoms with van der Waals surface area (Å²) in [6.45, 7) is 5.20. The highest BCUT2D eigenvalue weighted by atomic mass is 16.5. The zero-order chi connectivity index (χ0) is 10.8. The van der Waals surface area contributed by atoms with E-state index >= 15 is 0 Å². The van der Waals surface area contributed by atoms with Crippen LogP contribution in [0.2, 0.25) is 0 Å². The largest absolute Gasteiger partial charge is 0.396 e. The summed E-state index contributed by atoms with van der Waals surface area (Å²) in [7, 11) is 0. The minimum Gasteiger partial charge on any atom is -0.396 e. The zero-order valence-electron chi connectivity index (χ0n) is 9.08. The number of hydrogen-bond acceptors (Lipinski definition) is 3. The molecule has 0 fully saturated rings. The first-order valence-electron chi connectivity index (χ1n) is 5.16. The van der Waals surface area contributed by atoms with Gasteiger partial charge in [-0.05, 0) is 26.7 Å². The molecule has 0 spiro atoms. The van der Waals surface area contributed by atoms with Crippen molar-refractivity contribution in [1.82, 2.24) is 5.32 Å². The molecule has 4 nitrogen and oxygen atoms in total. The first-order chi connectivity index (χ1) is 6.66. The van der Waals surface area contributed by atoms with Gasteiger partial charge < -0.3 is 15.2 Å². The van der Waals surface area contributed by atoms with Crippen LogP contribution in [-0.4, -0.2) is 36.9 Å². The average molecular weight is 203 g/mol. The molecule has 0 saturated carbocycles. The Balaban J connectivity index is 3.18. The molecule has 0 rings (SSSR count). The van der Waals surface area contributed by atoms with Gasteiger partial charge in [0.05, 0.1) is 12.7 Å². The molecular formula is C10H21NO3. The Labute approximate surface area is 85.6 Å². The molecule has 0 aliphatic heterocycles. The number of amides is 1. The Kier molecular flexibility index (Phi) is 8.57. The first kappa shape index (κ1) is 13.4. The Morgan fingerprint density at radius 2 is 2.14 bits per heavy atom. The lowest BCUT2D eigenvalue weighted by Crippen LogP contribution is -2.27. The number of carbonyl (C=O) groups excluding carboxylic acids is 1. The number of aliphatic hydroxyl groups excluding tert-OH is 1. The van der Waals surface area contributed by atoms with E-state index in [1.807, 2.05) is 13.8 Å². The molecule has 4 heteroatoms. The maximum Gasteiger partial charge on any atom is 0.220 e. The number of ether oxygens (including phenoxy) is 1. The second-order valence-corrected chi connectivity index (χ2v) is 3.45. The van der Waals surface area contributed by atoms with Crippen LogP contribution in [0, 0.1) is 0 Å². The number of nitrogens with one attached hydrogen (secondary N) is 1. The van der Waals surface area contributed by atoms with Gasteiger partial charge in [-0.25, -0.2) is 0 Å². The fraction of sp³-hybridized carbons (Fsp3) is 0.900. The van der Waals surface area contributed by atoms with Gasteiger partial charge in [0.2, 0.25) is 5.91 Å². The van der Waals surface area contributed by atoms with Crippen molar-refractivity contribution in [1.29, 1.82) is 0 Å². The fourth-order valence-electron chi connectivity index (χ4n) is 0.971. The van der Waals surface area contributed by atoms with Gasteiger partial charge in [0.25, 0.3) is 0 Å². The van der Waals surface area contributed by atoms with Crippen molar-refractivity contribution >= 4 is 5.91 Å². The summed E-state index contributed by atoms with van der Waals surface area (Å²) in [6.07, 6.45) is 2.13. The molecule has 0 saturated heterocycles. The van der Waals surface area contributed by atoms with E-state index in [1.165, 1.54) is 0 Å². The zero-order valence-corrected chi connectivity index (χ0v) is 9.08. The van der Waals surface area contributed by atoms with E-state index in [-0.39, 0.29) is 18.6 Å². The van der Waals surface area contributed by atoms with E-state index in [0.29, 0.717) is 26.0 Å². The van der Waals surface area contributed by atoms with E-state index in [4.69, 9.17) is 9.84 Å². The molecule has 0 aliphatic rings. The predicted octanol–water partition coefficient (Wildman–Crippen LogP) is 0.690. The lowest BCUT2D eigenvalue weighted by molar-refractivity contribution is -0.121. The Morgan fingerprint density at radius 1 is 1.43 bits per heavy atom. The minimum absolute atomic E-state index is 0.0332. The molecular weight excluding hydrogens is 182 g/mol. The number of aliphatic hydroxyl groups is 1. The fourth-order valence-corrected chi connectivity index (χ4v) is 0.971. The summed E-state index contributed by atoms with van der Waals surface area (Å²) in [4.78, 5) is 11.1. The van der Waals surface area contributed by atoms with Crippen molar-refractivity contribution in [2.24, 2.45) is 0 Å². The highest BCUT2D eigenvalue weighted by Crippen LogP contribution is 1.93. The van der Waals surface area contributed by atoms with E-state index in [1.54, 1.807) is 0 Å². The third kappa shape index (κ3) is 9.48. The summed E-state index contributed by atoms with van der Waals surface area (Å²) >= 11 is 0. The Morgan fingerprint density at radius 3 is 2.71 bits per heavy atom. The van der Waals surface area contributed by atoms with Crippen LogP contribution in [0.3, 0.4) is 0 Å². The van der Waals surface area contributed by atoms with E-state index < -0.39 is 0 Å². The van der Waals surface area contributed by atoms with Gasteiger partial charge in [0.1, 0.15) is 0 Å². The molecule has 0 aromatic carbocycles. The Hall–Kier alpha value is -0.610. The lowest BCUT2D eigenvalue weighted by Gasteiger charge is -2.08. The van der Waals surface area contributed by atoms with Gasteiger partial charge in [0, 0.05) is 19.6 Å². The molecule has 0 heterocycles. The van der Waals surface area contributed by atoms with Gasteiger partial charge in [0.15, 0.2) is 0 Å². The minimum atomic E-state index is 0.0332. The quantitative estimate of drug-likeness (QED) is 0.571. The monoisotopic (exact) mass is 203 g/mol. The van der Waals surface area contributed by atoms with Crippen molar-refractivity contribution in [3.8, 4) is 0 Å². The number of rotatable bonds is 8. The molecule has 0 aromatic rings. The molecule has 0 aromatic heterocycles. The van der Waals surface area contributed by atoms with Crippen LogP contribution in [-0.2, 0) is 9.53 Å². The molecule has 84 valence electrons. The highest BCUT2D eigenvalue weighted by Gasteiger charge is 2.00. The molecule has 1 amide bonds. The number of hydrogen-bond donors (Lipinski definition) is 2. The van der Waals surface area contributed by atoms with Crippen LogP contribution in [0.15, 0.2) is 0 Å². The van der Waals surface area contributed by atoms with Gasteiger partial charge in [-0.1, -0.05) is 0 Å². The van der Waals surface area contributed by atoms with Gasteiger partial charge in [-0.15, -0.1) is 0 Å². The standard InChI is InChI=1S/C10H21NO3/c1-9(2)14-8-6-11-10(13)5-3-4-7-12/h9,12H,3-8H2,1-2H3,(H,11,13). The summed E-state index contributed by atoms with van der Waals surface area (Å²) in [5, 5.41) is 11.3.